The van der Waals surface area contributed by atoms with Crippen molar-refractivity contribution in [3.8, 4) is 0 Å². The molecule has 1 rings (SSSR count). The number of pyridine rings is 1. The zero-order valence-electron chi connectivity index (χ0n) is 6.46. The summed E-state index contributed by atoms with van der Waals surface area (Å²) in [6.07, 6.45) is 2.82. The number of hydrogen-bond acceptors (Lipinski definition) is 1. The summed E-state index contributed by atoms with van der Waals surface area (Å²) in [7, 11) is 2.12. The Balaban J connectivity index is 2.81. The Morgan fingerprint density at radius 3 is 3.00 bits per heavy atom. The minimum atomic E-state index is 0.979. The molecule has 0 spiro atoms. The van der Waals surface area contributed by atoms with Crippen LogP contribution < -0.4 is 0 Å². The lowest BCUT2D eigenvalue weighted by Crippen LogP contribution is -1.96. The zero-order chi connectivity index (χ0) is 7.40. The third-order valence-corrected chi connectivity index (χ3v) is 1.52. The van der Waals surface area contributed by atoms with Crippen molar-refractivity contribution >= 4 is 7.28 Å². The maximum atomic E-state index is 4.24. The lowest BCUT2D eigenvalue weighted by Gasteiger charge is -1.99. The second kappa shape index (κ2) is 3.40. The second-order valence-electron chi connectivity index (χ2n) is 2.38. The lowest BCUT2D eigenvalue weighted by molar-refractivity contribution is 1.12. The molecule has 1 radical (unpaired) electrons. The Morgan fingerprint density at radius 1 is 1.60 bits per heavy atom. The van der Waals surface area contributed by atoms with E-state index in [9.17, 15) is 0 Å². The quantitative estimate of drug-likeness (QED) is 0.557. The van der Waals surface area contributed by atoms with Crippen molar-refractivity contribution < 1.29 is 0 Å². The molecule has 1 heterocycles. The molecule has 0 fully saturated rings. The molecule has 0 aromatic carbocycles. The number of nitrogens with zero attached hydrogens (tertiary/aromatic N) is 1. The van der Waals surface area contributed by atoms with E-state index >= 15 is 0 Å². The largest absolute Gasteiger partial charge is 0.262 e. The first-order chi connectivity index (χ1) is 4.84. The minimum Gasteiger partial charge on any atom is -0.262 e. The Labute approximate surface area is 62.7 Å². The van der Waals surface area contributed by atoms with E-state index in [0.717, 1.165) is 6.32 Å². The van der Waals surface area contributed by atoms with Crippen LogP contribution in [0.1, 0.15) is 11.3 Å². The second-order valence-corrected chi connectivity index (χ2v) is 2.38. The molecule has 1 nitrogen and oxygen atoms in total. The highest BCUT2D eigenvalue weighted by Crippen LogP contribution is 2.02. The van der Waals surface area contributed by atoms with Crippen LogP contribution in [-0.2, 0) is 6.32 Å². The Morgan fingerprint density at radius 2 is 2.40 bits per heavy atom. The zero-order valence-corrected chi connectivity index (χ0v) is 6.46. The van der Waals surface area contributed by atoms with E-state index in [0.29, 0.717) is 0 Å². The molecule has 0 bridgehead atoms. The van der Waals surface area contributed by atoms with Gasteiger partial charge in [0.2, 0.25) is 0 Å². The van der Waals surface area contributed by atoms with Crippen molar-refractivity contribution in [2.75, 3.05) is 0 Å². The number of rotatable bonds is 2. The summed E-state index contributed by atoms with van der Waals surface area (Å²) in [5.74, 6) is 0. The molecular formula is C8H11BN. The van der Waals surface area contributed by atoms with Gasteiger partial charge in [0.15, 0.2) is 0 Å². The maximum Gasteiger partial charge on any atom is 0.113 e. The summed E-state index contributed by atoms with van der Waals surface area (Å²) >= 11 is 0. The number of aromatic nitrogens is 1. The highest BCUT2D eigenvalue weighted by atomic mass is 14.7. The summed E-state index contributed by atoms with van der Waals surface area (Å²) in [5.41, 5.74) is 2.46. The van der Waals surface area contributed by atoms with Gasteiger partial charge in [-0.1, -0.05) is 12.9 Å². The molecule has 1 aromatic heterocycles. The summed E-state index contributed by atoms with van der Waals surface area (Å²) in [4.78, 5) is 4.24. The smallest absolute Gasteiger partial charge is 0.113 e. The Bertz CT molecular complexity index is 210. The molecule has 0 aliphatic heterocycles. The van der Waals surface area contributed by atoms with Gasteiger partial charge in [-0.05, 0) is 24.9 Å². The van der Waals surface area contributed by atoms with E-state index in [1.807, 2.05) is 19.1 Å². The molecule has 0 amide bonds. The summed E-state index contributed by atoms with van der Waals surface area (Å²) in [6, 6.07) is 4.06. The van der Waals surface area contributed by atoms with Gasteiger partial charge in [-0.2, -0.15) is 0 Å². The normalized spacial score (nSPS) is 9.40. The van der Waals surface area contributed by atoms with Crippen molar-refractivity contribution in [1.29, 1.82) is 0 Å². The van der Waals surface area contributed by atoms with E-state index in [2.05, 4.69) is 25.3 Å². The van der Waals surface area contributed by atoms with Gasteiger partial charge in [0.05, 0.1) is 0 Å². The van der Waals surface area contributed by atoms with Crippen molar-refractivity contribution in [3.63, 3.8) is 0 Å². The van der Waals surface area contributed by atoms with Crippen LogP contribution in [0, 0.1) is 6.92 Å². The standard InChI is InChI=1S/C8H11BN/c1-7-4-3-5-10-8(7)6-9-2/h3-5H,6H2,1-2H3. The van der Waals surface area contributed by atoms with Crippen LogP contribution in [0.3, 0.4) is 0 Å². The molecule has 2 heteroatoms. The molecule has 0 aliphatic rings. The molecule has 0 saturated carbocycles. The third-order valence-electron chi connectivity index (χ3n) is 1.52. The monoisotopic (exact) mass is 132 g/mol. The molecule has 10 heavy (non-hydrogen) atoms. The van der Waals surface area contributed by atoms with Crippen LogP contribution in [0.4, 0.5) is 0 Å². The highest BCUT2D eigenvalue weighted by molar-refractivity contribution is 6.32. The van der Waals surface area contributed by atoms with Crippen molar-refractivity contribution in [2.45, 2.75) is 20.1 Å². The van der Waals surface area contributed by atoms with Crippen molar-refractivity contribution in [3.05, 3.63) is 29.6 Å². The fourth-order valence-electron chi connectivity index (χ4n) is 0.925. The molecule has 0 aliphatic carbocycles. The minimum absolute atomic E-state index is 0.979. The first kappa shape index (κ1) is 7.32. The van der Waals surface area contributed by atoms with Gasteiger partial charge in [0.25, 0.3) is 0 Å². The topological polar surface area (TPSA) is 12.9 Å². The van der Waals surface area contributed by atoms with Crippen LogP contribution >= 0.6 is 0 Å². The third kappa shape index (κ3) is 1.60. The van der Waals surface area contributed by atoms with Gasteiger partial charge < -0.3 is 0 Å². The molecule has 1 aromatic rings. The van der Waals surface area contributed by atoms with Crippen LogP contribution in [0.2, 0.25) is 6.82 Å². The number of aryl methyl sites for hydroxylation is 1. The summed E-state index contributed by atoms with van der Waals surface area (Å²) in [6.45, 7) is 4.14. The highest BCUT2D eigenvalue weighted by Gasteiger charge is 1.94. The number of hydrogen-bond donors (Lipinski definition) is 0. The van der Waals surface area contributed by atoms with E-state index < -0.39 is 0 Å². The van der Waals surface area contributed by atoms with Gasteiger partial charge >= 0.3 is 0 Å². The molecule has 0 atom stereocenters. The van der Waals surface area contributed by atoms with Crippen LogP contribution in [-0.4, -0.2) is 12.3 Å². The van der Waals surface area contributed by atoms with Crippen molar-refractivity contribution in [2.24, 2.45) is 0 Å². The summed E-state index contributed by atoms with van der Waals surface area (Å²) in [5, 5.41) is 0. The molecule has 51 valence electrons. The van der Waals surface area contributed by atoms with Gasteiger partial charge in [0.1, 0.15) is 7.28 Å². The van der Waals surface area contributed by atoms with Crippen molar-refractivity contribution in [1.82, 2.24) is 4.98 Å². The first-order valence-corrected chi connectivity index (χ1v) is 3.53. The van der Waals surface area contributed by atoms with Gasteiger partial charge in [-0.3, -0.25) is 4.98 Å². The molecule has 0 unspecified atom stereocenters. The predicted octanol–water partition coefficient (Wildman–Crippen LogP) is 1.64. The summed E-state index contributed by atoms with van der Waals surface area (Å²) < 4.78 is 0. The SMILES string of the molecule is C[B]Cc1ncccc1C. The van der Waals surface area contributed by atoms with E-state index in [1.54, 1.807) is 0 Å². The molecular weight excluding hydrogens is 121 g/mol. The predicted molar refractivity (Wildman–Crippen MR) is 44.3 cm³/mol. The average molecular weight is 132 g/mol. The molecule has 0 saturated heterocycles. The average Bonchev–Trinajstić information content (AvgIpc) is 1.94. The van der Waals surface area contributed by atoms with Crippen LogP contribution in [0.15, 0.2) is 18.3 Å². The maximum absolute atomic E-state index is 4.24. The van der Waals surface area contributed by atoms with Crippen LogP contribution in [0.25, 0.3) is 0 Å². The fraction of sp³-hybridized carbons (Fsp3) is 0.375. The van der Waals surface area contributed by atoms with Gasteiger partial charge in [-0.25, -0.2) is 0 Å². The fourth-order valence-corrected chi connectivity index (χ4v) is 0.925. The van der Waals surface area contributed by atoms with E-state index in [1.165, 1.54) is 11.3 Å². The van der Waals surface area contributed by atoms with Crippen LogP contribution in [0.5, 0.6) is 0 Å². The Kier molecular flexibility index (Phi) is 2.49. The van der Waals surface area contributed by atoms with E-state index in [-0.39, 0.29) is 0 Å². The van der Waals surface area contributed by atoms with E-state index in [4.69, 9.17) is 0 Å². The molecule has 0 N–H and O–H groups in total. The van der Waals surface area contributed by atoms with Gasteiger partial charge in [0, 0.05) is 11.9 Å². The van der Waals surface area contributed by atoms with Gasteiger partial charge in [-0.15, -0.1) is 0 Å². The lowest BCUT2D eigenvalue weighted by atomic mass is 9.76. The Hall–Kier alpha value is -0.785. The first-order valence-electron chi connectivity index (χ1n) is 3.53.